The first-order valence-electron chi connectivity index (χ1n) is 4.77. The quantitative estimate of drug-likeness (QED) is 0.826. The molecule has 0 radical (unpaired) electrons. The molecule has 0 heterocycles. The summed E-state index contributed by atoms with van der Waals surface area (Å²) in [7, 11) is -3.89. The average molecular weight is 247 g/mol. The summed E-state index contributed by atoms with van der Waals surface area (Å²) in [5.74, 6) is -0.802. The van der Waals surface area contributed by atoms with Gasteiger partial charge in [0.05, 0.1) is 6.10 Å². The SMILES string of the molecule is Cc1ccc(F)c(S(=O)(=O)NC[C@@H](C)O)c1. The van der Waals surface area contributed by atoms with Gasteiger partial charge >= 0.3 is 0 Å². The fourth-order valence-electron chi connectivity index (χ4n) is 1.12. The normalized spacial score (nSPS) is 13.8. The van der Waals surface area contributed by atoms with Crippen LogP contribution in [-0.4, -0.2) is 26.2 Å². The molecule has 0 saturated heterocycles. The highest BCUT2D eigenvalue weighted by Crippen LogP contribution is 2.15. The Balaban J connectivity index is 3.02. The summed E-state index contributed by atoms with van der Waals surface area (Å²) in [6.07, 6.45) is -0.817. The molecule has 0 unspecified atom stereocenters. The minimum atomic E-state index is -3.89. The van der Waals surface area contributed by atoms with E-state index in [1.54, 1.807) is 6.92 Å². The Morgan fingerprint density at radius 3 is 2.69 bits per heavy atom. The van der Waals surface area contributed by atoms with Crippen LogP contribution >= 0.6 is 0 Å². The van der Waals surface area contributed by atoms with E-state index in [4.69, 9.17) is 5.11 Å². The van der Waals surface area contributed by atoms with Crippen molar-refractivity contribution in [2.75, 3.05) is 6.54 Å². The van der Waals surface area contributed by atoms with Crippen molar-refractivity contribution in [3.05, 3.63) is 29.6 Å². The molecule has 0 aliphatic carbocycles. The third-order valence-corrected chi connectivity index (χ3v) is 3.38. The number of hydrogen-bond acceptors (Lipinski definition) is 3. The maximum Gasteiger partial charge on any atom is 0.243 e. The number of nitrogens with one attached hydrogen (secondary N) is 1. The summed E-state index contributed by atoms with van der Waals surface area (Å²) in [5, 5.41) is 8.97. The van der Waals surface area contributed by atoms with Crippen molar-refractivity contribution in [2.45, 2.75) is 24.8 Å². The zero-order valence-corrected chi connectivity index (χ0v) is 9.88. The highest BCUT2D eigenvalue weighted by atomic mass is 32.2. The molecule has 16 heavy (non-hydrogen) atoms. The molecular formula is C10H14FNO3S. The molecular weight excluding hydrogens is 233 g/mol. The molecule has 1 atom stereocenters. The molecule has 0 spiro atoms. The molecule has 1 aromatic carbocycles. The number of aliphatic hydroxyl groups is 1. The molecule has 0 fully saturated rings. The lowest BCUT2D eigenvalue weighted by Gasteiger charge is -2.09. The van der Waals surface area contributed by atoms with Crippen LogP contribution in [0.1, 0.15) is 12.5 Å². The average Bonchev–Trinajstić information content (AvgIpc) is 2.19. The molecule has 0 bridgehead atoms. The number of rotatable bonds is 4. The number of sulfonamides is 1. The lowest BCUT2D eigenvalue weighted by atomic mass is 10.2. The van der Waals surface area contributed by atoms with Gasteiger partial charge in [-0.1, -0.05) is 6.07 Å². The van der Waals surface area contributed by atoms with Gasteiger partial charge in [0.2, 0.25) is 10.0 Å². The second-order valence-electron chi connectivity index (χ2n) is 3.63. The van der Waals surface area contributed by atoms with Crippen molar-refractivity contribution in [3.63, 3.8) is 0 Å². The van der Waals surface area contributed by atoms with Crippen molar-refractivity contribution in [2.24, 2.45) is 0 Å². The fraction of sp³-hybridized carbons (Fsp3) is 0.400. The fourth-order valence-corrected chi connectivity index (χ4v) is 2.41. The van der Waals surface area contributed by atoms with Gasteiger partial charge in [-0.05, 0) is 31.5 Å². The largest absolute Gasteiger partial charge is 0.392 e. The lowest BCUT2D eigenvalue weighted by molar-refractivity contribution is 0.198. The van der Waals surface area contributed by atoms with Crippen molar-refractivity contribution in [1.82, 2.24) is 4.72 Å². The topological polar surface area (TPSA) is 66.4 Å². The second-order valence-corrected chi connectivity index (χ2v) is 5.37. The minimum absolute atomic E-state index is 0.143. The van der Waals surface area contributed by atoms with E-state index in [9.17, 15) is 12.8 Å². The Hall–Kier alpha value is -0.980. The van der Waals surface area contributed by atoms with Crippen molar-refractivity contribution < 1.29 is 17.9 Å². The van der Waals surface area contributed by atoms with Crippen LogP contribution in [-0.2, 0) is 10.0 Å². The van der Waals surface area contributed by atoms with E-state index in [0.717, 1.165) is 6.07 Å². The Morgan fingerprint density at radius 1 is 1.50 bits per heavy atom. The van der Waals surface area contributed by atoms with E-state index in [1.165, 1.54) is 19.1 Å². The first-order chi connectivity index (χ1) is 7.33. The number of aliphatic hydroxyl groups excluding tert-OH is 1. The summed E-state index contributed by atoms with van der Waals surface area (Å²) >= 11 is 0. The monoisotopic (exact) mass is 247 g/mol. The van der Waals surface area contributed by atoms with Crippen LogP contribution in [0.2, 0.25) is 0 Å². The van der Waals surface area contributed by atoms with Gasteiger partial charge in [0.15, 0.2) is 0 Å². The standard InChI is InChI=1S/C10H14FNO3S/c1-7-3-4-9(11)10(5-7)16(14,15)12-6-8(2)13/h3-5,8,12-13H,6H2,1-2H3/t8-/m1/s1. The molecule has 0 aromatic heterocycles. The van der Waals surface area contributed by atoms with Crippen LogP contribution in [0, 0.1) is 12.7 Å². The predicted molar refractivity (Wildman–Crippen MR) is 58.0 cm³/mol. The first-order valence-corrected chi connectivity index (χ1v) is 6.25. The van der Waals surface area contributed by atoms with E-state index in [-0.39, 0.29) is 6.54 Å². The molecule has 0 amide bonds. The van der Waals surface area contributed by atoms with E-state index in [2.05, 4.69) is 4.72 Å². The maximum absolute atomic E-state index is 13.3. The van der Waals surface area contributed by atoms with Gasteiger partial charge in [-0.3, -0.25) is 0 Å². The Kier molecular flexibility index (Phi) is 4.01. The van der Waals surface area contributed by atoms with Crippen molar-refractivity contribution >= 4 is 10.0 Å². The summed E-state index contributed by atoms with van der Waals surface area (Å²) in [6, 6.07) is 3.84. The summed E-state index contributed by atoms with van der Waals surface area (Å²) in [4.78, 5) is -0.395. The predicted octanol–water partition coefficient (Wildman–Crippen LogP) is 0.793. The summed E-state index contributed by atoms with van der Waals surface area (Å²) in [6.45, 7) is 2.97. The Morgan fingerprint density at radius 2 is 2.12 bits per heavy atom. The van der Waals surface area contributed by atoms with E-state index >= 15 is 0 Å². The highest BCUT2D eigenvalue weighted by Gasteiger charge is 2.19. The van der Waals surface area contributed by atoms with E-state index < -0.39 is 26.8 Å². The van der Waals surface area contributed by atoms with Crippen LogP contribution in [0.5, 0.6) is 0 Å². The number of benzene rings is 1. The van der Waals surface area contributed by atoms with E-state index in [1.807, 2.05) is 0 Å². The molecule has 6 heteroatoms. The molecule has 90 valence electrons. The van der Waals surface area contributed by atoms with Crippen LogP contribution in [0.15, 0.2) is 23.1 Å². The maximum atomic E-state index is 13.3. The van der Waals surface area contributed by atoms with Gasteiger partial charge in [-0.15, -0.1) is 0 Å². The minimum Gasteiger partial charge on any atom is -0.392 e. The molecule has 0 aliphatic heterocycles. The molecule has 0 aliphatic rings. The second kappa shape index (κ2) is 4.90. The Bertz CT molecular complexity index is 471. The van der Waals surface area contributed by atoms with Crippen molar-refractivity contribution in [1.29, 1.82) is 0 Å². The molecule has 4 nitrogen and oxygen atoms in total. The summed E-state index contributed by atoms with van der Waals surface area (Å²) in [5.41, 5.74) is 0.652. The molecule has 0 saturated carbocycles. The summed E-state index contributed by atoms with van der Waals surface area (Å²) < 4.78 is 38.7. The lowest BCUT2D eigenvalue weighted by Crippen LogP contribution is -2.31. The number of aryl methyl sites for hydroxylation is 1. The van der Waals surface area contributed by atoms with E-state index in [0.29, 0.717) is 5.56 Å². The van der Waals surface area contributed by atoms with Gasteiger partial charge in [-0.2, -0.15) is 0 Å². The van der Waals surface area contributed by atoms with Crippen LogP contribution < -0.4 is 4.72 Å². The smallest absolute Gasteiger partial charge is 0.243 e. The van der Waals surface area contributed by atoms with Crippen LogP contribution in [0.25, 0.3) is 0 Å². The van der Waals surface area contributed by atoms with Crippen LogP contribution in [0.3, 0.4) is 0 Å². The molecule has 1 aromatic rings. The van der Waals surface area contributed by atoms with Gasteiger partial charge < -0.3 is 5.11 Å². The highest BCUT2D eigenvalue weighted by molar-refractivity contribution is 7.89. The number of halogens is 1. The zero-order chi connectivity index (χ0) is 12.3. The molecule has 2 N–H and O–H groups in total. The third-order valence-electron chi connectivity index (χ3n) is 1.94. The van der Waals surface area contributed by atoms with Crippen LogP contribution in [0.4, 0.5) is 4.39 Å². The Labute approximate surface area is 94.2 Å². The zero-order valence-electron chi connectivity index (χ0n) is 9.07. The van der Waals surface area contributed by atoms with Crippen molar-refractivity contribution in [3.8, 4) is 0 Å². The van der Waals surface area contributed by atoms with Gasteiger partial charge in [0, 0.05) is 6.54 Å². The molecule has 1 rings (SSSR count). The first kappa shape index (κ1) is 13.1. The van der Waals surface area contributed by atoms with Gasteiger partial charge in [0.1, 0.15) is 10.7 Å². The van der Waals surface area contributed by atoms with Gasteiger partial charge in [0.25, 0.3) is 0 Å². The number of hydrogen-bond donors (Lipinski definition) is 2. The van der Waals surface area contributed by atoms with Gasteiger partial charge in [-0.25, -0.2) is 17.5 Å². The third kappa shape index (κ3) is 3.26.